The van der Waals surface area contributed by atoms with Gasteiger partial charge in [-0.2, -0.15) is 0 Å². The molecular formula is C13H18FNS. The standard InChI is InChI=1S/C13H18FNS/c1-16-13-9-10(5-6-12(13)14)8-11-4-2-3-7-15-11/h5-6,9,11,15H,2-4,7-8H2,1H3. The van der Waals surface area contributed by atoms with Crippen molar-refractivity contribution in [1.82, 2.24) is 5.32 Å². The number of thioether (sulfide) groups is 1. The van der Waals surface area contributed by atoms with Gasteiger partial charge in [0.25, 0.3) is 0 Å². The monoisotopic (exact) mass is 239 g/mol. The Balaban J connectivity index is 2.03. The average molecular weight is 239 g/mol. The number of hydrogen-bond acceptors (Lipinski definition) is 2. The lowest BCUT2D eigenvalue weighted by atomic mass is 9.98. The Morgan fingerprint density at radius 2 is 2.31 bits per heavy atom. The maximum Gasteiger partial charge on any atom is 0.136 e. The number of piperidine rings is 1. The van der Waals surface area contributed by atoms with Crippen LogP contribution in [-0.4, -0.2) is 18.8 Å². The van der Waals surface area contributed by atoms with Crippen LogP contribution in [0.3, 0.4) is 0 Å². The second kappa shape index (κ2) is 5.69. The molecule has 0 amide bonds. The summed E-state index contributed by atoms with van der Waals surface area (Å²) in [6.07, 6.45) is 6.78. The molecule has 0 bridgehead atoms. The Labute approximate surface area is 101 Å². The minimum Gasteiger partial charge on any atom is -0.314 e. The van der Waals surface area contributed by atoms with Crippen LogP contribution >= 0.6 is 11.8 Å². The lowest BCUT2D eigenvalue weighted by molar-refractivity contribution is 0.399. The fourth-order valence-corrected chi connectivity index (χ4v) is 2.75. The highest BCUT2D eigenvalue weighted by atomic mass is 32.2. The first-order chi connectivity index (χ1) is 7.79. The minimum absolute atomic E-state index is 0.104. The zero-order valence-electron chi connectivity index (χ0n) is 9.63. The van der Waals surface area contributed by atoms with E-state index >= 15 is 0 Å². The molecule has 1 nitrogen and oxygen atoms in total. The van der Waals surface area contributed by atoms with Crippen LogP contribution in [0.1, 0.15) is 24.8 Å². The molecule has 0 spiro atoms. The van der Waals surface area contributed by atoms with Crippen LogP contribution in [0.5, 0.6) is 0 Å². The Kier molecular flexibility index (Phi) is 4.24. The fraction of sp³-hybridized carbons (Fsp3) is 0.538. The Morgan fingerprint density at radius 1 is 1.44 bits per heavy atom. The van der Waals surface area contributed by atoms with Crippen LogP contribution in [-0.2, 0) is 6.42 Å². The van der Waals surface area contributed by atoms with E-state index in [2.05, 4.69) is 5.32 Å². The van der Waals surface area contributed by atoms with Crippen LogP contribution in [0.25, 0.3) is 0 Å². The largest absolute Gasteiger partial charge is 0.314 e. The van der Waals surface area contributed by atoms with Crippen molar-refractivity contribution >= 4 is 11.8 Å². The van der Waals surface area contributed by atoms with Gasteiger partial charge in [-0.1, -0.05) is 12.5 Å². The molecule has 3 heteroatoms. The van der Waals surface area contributed by atoms with E-state index in [-0.39, 0.29) is 5.82 Å². The molecule has 2 rings (SSSR count). The minimum atomic E-state index is -0.104. The molecule has 16 heavy (non-hydrogen) atoms. The van der Waals surface area contributed by atoms with E-state index in [1.807, 2.05) is 18.4 Å². The Morgan fingerprint density at radius 3 is 3.00 bits per heavy atom. The quantitative estimate of drug-likeness (QED) is 0.813. The summed E-state index contributed by atoms with van der Waals surface area (Å²) in [5.41, 5.74) is 1.24. The van der Waals surface area contributed by atoms with Crippen molar-refractivity contribution in [3.05, 3.63) is 29.6 Å². The molecule has 1 fully saturated rings. The summed E-state index contributed by atoms with van der Waals surface area (Å²) >= 11 is 1.48. The first-order valence-corrected chi connectivity index (χ1v) is 7.08. The SMILES string of the molecule is CSc1cc(CC2CCCCN2)ccc1F. The highest BCUT2D eigenvalue weighted by molar-refractivity contribution is 7.98. The summed E-state index contributed by atoms with van der Waals surface area (Å²) in [6.45, 7) is 1.13. The third kappa shape index (κ3) is 2.98. The van der Waals surface area contributed by atoms with Gasteiger partial charge < -0.3 is 5.32 Å². The third-order valence-corrected chi connectivity index (χ3v) is 3.86. The van der Waals surface area contributed by atoms with Gasteiger partial charge in [-0.25, -0.2) is 4.39 Å². The van der Waals surface area contributed by atoms with Crippen molar-refractivity contribution in [3.63, 3.8) is 0 Å². The molecule has 1 unspecified atom stereocenters. The van der Waals surface area contributed by atoms with Crippen LogP contribution in [0.15, 0.2) is 23.1 Å². The van der Waals surface area contributed by atoms with Gasteiger partial charge in [0.1, 0.15) is 5.82 Å². The highest BCUT2D eigenvalue weighted by Crippen LogP contribution is 2.22. The fourth-order valence-electron chi connectivity index (χ4n) is 2.21. The van der Waals surface area contributed by atoms with E-state index in [4.69, 9.17) is 0 Å². The summed E-state index contributed by atoms with van der Waals surface area (Å²) < 4.78 is 13.3. The highest BCUT2D eigenvalue weighted by Gasteiger charge is 2.13. The van der Waals surface area contributed by atoms with Gasteiger partial charge in [0.15, 0.2) is 0 Å². The second-order valence-corrected chi connectivity index (χ2v) is 5.17. The summed E-state index contributed by atoms with van der Waals surface area (Å²) in [4.78, 5) is 0.758. The van der Waals surface area contributed by atoms with E-state index in [0.29, 0.717) is 6.04 Å². The topological polar surface area (TPSA) is 12.0 Å². The zero-order valence-corrected chi connectivity index (χ0v) is 10.4. The van der Waals surface area contributed by atoms with Crippen LogP contribution in [0.4, 0.5) is 4.39 Å². The molecule has 1 atom stereocenters. The van der Waals surface area contributed by atoms with Gasteiger partial charge in [0.2, 0.25) is 0 Å². The van der Waals surface area contributed by atoms with E-state index in [1.165, 1.54) is 36.6 Å². The summed E-state index contributed by atoms with van der Waals surface area (Å²) in [7, 11) is 0. The van der Waals surface area contributed by atoms with Crippen molar-refractivity contribution in [2.24, 2.45) is 0 Å². The molecule has 0 saturated carbocycles. The zero-order chi connectivity index (χ0) is 11.4. The van der Waals surface area contributed by atoms with Crippen LogP contribution in [0, 0.1) is 5.82 Å². The van der Waals surface area contributed by atoms with Gasteiger partial charge in [-0.05, 0) is 49.8 Å². The smallest absolute Gasteiger partial charge is 0.136 e. The molecule has 0 aliphatic carbocycles. The predicted octanol–water partition coefficient (Wildman–Crippen LogP) is 3.23. The van der Waals surface area contributed by atoms with Gasteiger partial charge in [-0.15, -0.1) is 11.8 Å². The lowest BCUT2D eigenvalue weighted by Gasteiger charge is -2.23. The van der Waals surface area contributed by atoms with Crippen LogP contribution in [0.2, 0.25) is 0 Å². The van der Waals surface area contributed by atoms with Crippen molar-refractivity contribution in [2.45, 2.75) is 36.6 Å². The summed E-state index contributed by atoms with van der Waals surface area (Å²) in [5, 5.41) is 3.52. The first kappa shape index (κ1) is 11.9. The summed E-state index contributed by atoms with van der Waals surface area (Å²) in [5.74, 6) is -0.104. The molecule has 1 heterocycles. The molecule has 1 N–H and O–H groups in total. The first-order valence-electron chi connectivity index (χ1n) is 5.85. The van der Waals surface area contributed by atoms with Crippen molar-refractivity contribution in [3.8, 4) is 0 Å². The maximum atomic E-state index is 13.3. The van der Waals surface area contributed by atoms with Crippen molar-refractivity contribution in [2.75, 3.05) is 12.8 Å². The number of rotatable bonds is 3. The number of halogens is 1. The second-order valence-electron chi connectivity index (χ2n) is 4.32. The molecule has 1 saturated heterocycles. The molecule has 1 aliphatic rings. The van der Waals surface area contributed by atoms with E-state index in [1.54, 1.807) is 6.07 Å². The van der Waals surface area contributed by atoms with Gasteiger partial charge in [0, 0.05) is 10.9 Å². The Bertz CT molecular complexity index is 348. The molecule has 1 aromatic carbocycles. The normalized spacial score (nSPS) is 21.0. The molecule has 1 aliphatic heterocycles. The van der Waals surface area contributed by atoms with E-state index < -0.39 is 0 Å². The summed E-state index contributed by atoms with van der Waals surface area (Å²) in [6, 6.07) is 6.06. The van der Waals surface area contributed by atoms with Gasteiger partial charge in [-0.3, -0.25) is 0 Å². The van der Waals surface area contributed by atoms with Crippen molar-refractivity contribution in [1.29, 1.82) is 0 Å². The van der Waals surface area contributed by atoms with Gasteiger partial charge in [0.05, 0.1) is 0 Å². The number of nitrogens with one attached hydrogen (secondary N) is 1. The van der Waals surface area contributed by atoms with Gasteiger partial charge >= 0.3 is 0 Å². The molecular weight excluding hydrogens is 221 g/mol. The molecule has 88 valence electrons. The predicted molar refractivity (Wildman–Crippen MR) is 67.5 cm³/mol. The lowest BCUT2D eigenvalue weighted by Crippen LogP contribution is -2.35. The number of hydrogen-bond donors (Lipinski definition) is 1. The van der Waals surface area contributed by atoms with Crippen molar-refractivity contribution < 1.29 is 4.39 Å². The maximum absolute atomic E-state index is 13.3. The van der Waals surface area contributed by atoms with Crippen LogP contribution < -0.4 is 5.32 Å². The molecule has 0 radical (unpaired) electrons. The average Bonchev–Trinajstić information content (AvgIpc) is 2.33. The molecule has 1 aromatic rings. The third-order valence-electron chi connectivity index (χ3n) is 3.11. The Hall–Kier alpha value is -0.540. The molecule has 0 aromatic heterocycles. The van der Waals surface area contributed by atoms with E-state index in [0.717, 1.165) is 17.9 Å². The number of benzene rings is 1. The van der Waals surface area contributed by atoms with E-state index in [9.17, 15) is 4.39 Å².